The van der Waals surface area contributed by atoms with Gasteiger partial charge in [0.2, 0.25) is 17.9 Å². The lowest BCUT2D eigenvalue weighted by atomic mass is 9.68. The third-order valence-corrected chi connectivity index (χ3v) is 31.5. The number of halogens is 7. The van der Waals surface area contributed by atoms with E-state index in [1.165, 1.54) is 106 Å². The summed E-state index contributed by atoms with van der Waals surface area (Å²) in [5.41, 5.74) is 4.35. The van der Waals surface area contributed by atoms with E-state index in [4.69, 9.17) is 33.9 Å². The summed E-state index contributed by atoms with van der Waals surface area (Å²) in [6.07, 6.45) is 14.2. The lowest BCUT2D eigenvalue weighted by molar-refractivity contribution is -0.212. The number of rotatable bonds is 30. The molecule has 722 valence electrons. The van der Waals surface area contributed by atoms with E-state index in [9.17, 15) is 53.3 Å². The number of hydrogen-bond acceptors (Lipinski definition) is 12. The SMILES string of the molecule is CC(C)(C)c1ccc([S+](c2ccccc2)c2ccccc2)cc1.CCC(C)(C)C(=O)OC(CC)(CC)C(C)C.CCC(C)(C)C(=O)OC(OC)C12CC3CCCC(C1)C3C2.CCC(C)c1ccc(O)cc1.CCC(C)c1ccc(O)cc1.CCC(C)c1ccc(OCCCOc2c(F)c(F)c(S(=O)(=O)[O-])c(F)c2F)cc1.Fc1ccc([S+](c2ccc(F)cc2)c2ccc(F)cc2)cc1. The minimum absolute atomic E-state index is 0.0497. The van der Waals surface area contributed by atoms with Crippen LogP contribution in [0.25, 0.3) is 0 Å². The molecule has 3 fully saturated rings. The van der Waals surface area contributed by atoms with E-state index in [2.05, 4.69) is 175 Å². The van der Waals surface area contributed by atoms with E-state index >= 15 is 0 Å². The fourth-order valence-electron chi connectivity index (χ4n) is 16.3. The second-order valence-electron chi connectivity index (χ2n) is 37.3. The molecule has 0 aromatic heterocycles. The van der Waals surface area contributed by atoms with E-state index in [-0.39, 0.29) is 88.1 Å². The van der Waals surface area contributed by atoms with Crippen LogP contribution < -0.4 is 9.47 Å². The van der Waals surface area contributed by atoms with Gasteiger partial charge < -0.3 is 38.5 Å². The molecule has 0 heterocycles. The average molecular weight is 1900 g/mol. The second kappa shape index (κ2) is 51.4. The number of fused-ring (bicyclic) bond motifs is 1. The zero-order chi connectivity index (χ0) is 98.3. The Morgan fingerprint density at radius 1 is 0.451 bits per heavy atom. The number of methoxy groups -OCH3 is 1. The number of hydrogen-bond donors (Lipinski definition) is 2. The van der Waals surface area contributed by atoms with Gasteiger partial charge in [0, 0.05) is 18.9 Å². The van der Waals surface area contributed by atoms with Gasteiger partial charge in [-0.05, 0) is 307 Å². The van der Waals surface area contributed by atoms with E-state index < -0.39 is 60.3 Å². The fraction of sp³-hybridized carbons (Fsp3) is 0.441. The predicted molar refractivity (Wildman–Crippen MR) is 520 cm³/mol. The van der Waals surface area contributed by atoms with Gasteiger partial charge in [0.05, 0.1) is 45.8 Å². The summed E-state index contributed by atoms with van der Waals surface area (Å²) < 4.78 is 154. The Morgan fingerprint density at radius 2 is 0.797 bits per heavy atom. The molecule has 0 saturated heterocycles. The van der Waals surface area contributed by atoms with Crippen LogP contribution >= 0.6 is 0 Å². The van der Waals surface area contributed by atoms with Crippen molar-refractivity contribution in [3.63, 3.8) is 0 Å². The molecule has 0 aliphatic heterocycles. The molecule has 13 rings (SSSR count). The van der Waals surface area contributed by atoms with Crippen LogP contribution in [0.3, 0.4) is 0 Å². The highest BCUT2D eigenvalue weighted by Crippen LogP contribution is 2.66. The molecule has 3 saturated carbocycles. The highest BCUT2D eigenvalue weighted by molar-refractivity contribution is 7.97. The maximum Gasteiger partial charge on any atom is 0.313 e. The highest BCUT2D eigenvalue weighted by atomic mass is 32.2. The quantitative estimate of drug-likeness (QED) is 0.00829. The molecule has 6 unspecified atom stereocenters. The smallest absolute Gasteiger partial charge is 0.313 e. The molecule has 3 aliphatic carbocycles. The van der Waals surface area contributed by atoms with Gasteiger partial charge in [-0.3, -0.25) is 9.59 Å². The van der Waals surface area contributed by atoms with Crippen LogP contribution in [-0.2, 0) is 61.1 Å². The molecule has 133 heavy (non-hydrogen) atoms. The Kier molecular flexibility index (Phi) is 42.7. The van der Waals surface area contributed by atoms with Crippen molar-refractivity contribution in [2.24, 2.45) is 39.9 Å². The number of aromatic hydroxyl groups is 2. The Bertz CT molecular complexity index is 5040. The number of benzene rings is 10. The molecule has 12 nitrogen and oxygen atoms in total. The maximum atomic E-state index is 13.8. The molecule has 0 amide bonds. The van der Waals surface area contributed by atoms with Crippen molar-refractivity contribution in [3.05, 3.63) is 293 Å². The first-order valence-corrected chi connectivity index (χ1v) is 50.5. The van der Waals surface area contributed by atoms with Gasteiger partial charge in [0.1, 0.15) is 55.3 Å². The number of carbonyl (C=O) groups excluding carboxylic acids is 2. The topological polar surface area (TPSA) is 178 Å². The molecule has 0 radical (unpaired) electrons. The van der Waals surface area contributed by atoms with Gasteiger partial charge in [-0.15, -0.1) is 0 Å². The minimum Gasteiger partial charge on any atom is -0.744 e. The molecule has 10 aromatic carbocycles. The third kappa shape index (κ3) is 31.2. The summed E-state index contributed by atoms with van der Waals surface area (Å²) in [5.74, 6) is -5.61. The summed E-state index contributed by atoms with van der Waals surface area (Å²) in [6, 6.07) is 71.5. The zero-order valence-electron chi connectivity index (χ0n) is 81.2. The van der Waals surface area contributed by atoms with Crippen molar-refractivity contribution >= 4 is 43.8 Å². The van der Waals surface area contributed by atoms with Crippen LogP contribution in [0.1, 0.15) is 261 Å². The van der Waals surface area contributed by atoms with Gasteiger partial charge in [-0.2, -0.15) is 8.78 Å². The maximum absolute atomic E-state index is 13.8. The predicted octanol–water partition coefficient (Wildman–Crippen LogP) is 29.9. The molecule has 22 heteroatoms. The minimum atomic E-state index is -5.75. The molecule has 2 N–H and O–H groups in total. The number of phenolic OH excluding ortho intramolecular Hbond substituents is 2. The van der Waals surface area contributed by atoms with Crippen LogP contribution in [0.4, 0.5) is 30.7 Å². The summed E-state index contributed by atoms with van der Waals surface area (Å²) in [4.78, 5) is 29.1. The van der Waals surface area contributed by atoms with Crippen LogP contribution in [0, 0.1) is 80.6 Å². The monoisotopic (exact) mass is 1890 g/mol. The van der Waals surface area contributed by atoms with Gasteiger partial charge in [0.25, 0.3) is 0 Å². The summed E-state index contributed by atoms with van der Waals surface area (Å²) >= 11 is 0. The van der Waals surface area contributed by atoms with Gasteiger partial charge in [-0.1, -0.05) is 208 Å². The highest BCUT2D eigenvalue weighted by Gasteiger charge is 2.61. The largest absolute Gasteiger partial charge is 0.744 e. The summed E-state index contributed by atoms with van der Waals surface area (Å²) in [6.45, 7) is 39.7. The first-order valence-electron chi connectivity index (χ1n) is 46.6. The Hall–Kier alpha value is -9.58. The number of phenols is 2. The van der Waals surface area contributed by atoms with Crippen molar-refractivity contribution < 1.29 is 87.2 Å². The first kappa shape index (κ1) is 110. The first-order chi connectivity index (χ1) is 62.9. The van der Waals surface area contributed by atoms with Crippen molar-refractivity contribution in [2.45, 2.75) is 291 Å². The van der Waals surface area contributed by atoms with Crippen molar-refractivity contribution in [2.75, 3.05) is 20.3 Å². The van der Waals surface area contributed by atoms with Crippen LogP contribution in [-0.4, -0.2) is 67.3 Å². The van der Waals surface area contributed by atoms with Gasteiger partial charge in [-0.25, -0.2) is 30.4 Å². The normalized spacial score (nSPS) is 16.5. The fourth-order valence-corrected chi connectivity index (χ4v) is 21.0. The molecule has 10 aromatic rings. The van der Waals surface area contributed by atoms with Crippen molar-refractivity contribution in [1.82, 2.24) is 0 Å². The lowest BCUT2D eigenvalue weighted by Crippen LogP contribution is -2.42. The van der Waals surface area contributed by atoms with E-state index in [1.54, 1.807) is 79.9 Å². The molecular formula is C111H140F7O12S3+. The van der Waals surface area contributed by atoms with Crippen molar-refractivity contribution in [3.8, 4) is 23.0 Å². The van der Waals surface area contributed by atoms with E-state index in [1.807, 2.05) is 77.9 Å². The Morgan fingerprint density at radius 3 is 1.12 bits per heavy atom. The molecule has 6 atom stereocenters. The van der Waals surface area contributed by atoms with E-state index in [0.717, 1.165) is 82.9 Å². The number of esters is 2. The summed E-state index contributed by atoms with van der Waals surface area (Å²) in [5, 5.41) is 18.0. The molecule has 0 spiro atoms. The van der Waals surface area contributed by atoms with Crippen LogP contribution in [0.2, 0.25) is 0 Å². The second-order valence-corrected chi connectivity index (χ2v) is 42.7. The van der Waals surface area contributed by atoms with Gasteiger partial charge in [0.15, 0.2) is 46.8 Å². The Labute approximate surface area is 793 Å². The van der Waals surface area contributed by atoms with E-state index in [0.29, 0.717) is 40.9 Å². The number of carbonyl (C=O) groups is 2. The van der Waals surface area contributed by atoms with Crippen molar-refractivity contribution in [1.29, 1.82) is 0 Å². The third-order valence-electron chi connectivity index (χ3n) is 26.2. The van der Waals surface area contributed by atoms with Gasteiger partial charge >= 0.3 is 11.9 Å². The zero-order valence-corrected chi connectivity index (χ0v) is 83.7. The average Bonchev–Trinajstić information content (AvgIpc) is 1.57. The standard InChI is InChI=1S/C22H23S.C19H20F4O5S.C18H12F3S.C18H30O3.C14H28O2.2C10H14O/c1-22(2,3)18-14-16-21(17-15-18)23(19-10-6-4-7-11-19)20-12-8-5-9-13-20;1-3-11(2)12-5-7-13(8-6-12)27-9-4-10-28-18-14(20)16(22)19(29(24,25)26)17(23)15(18)21;19-13-1-7-16(8-2-13)22(17-9-3-14(20)4-10-17)18-11-5-15(21)6-12-18;1-5-17(2,3)15(19)21-16(20-4)18-9-12-7-6-8-13(10-18)14(12)11-18;1-8-13(6,7)12(15)16-14(9-2,10-3)11(4)5;2*1-3-8(2)9-4-6-10(11)7-5-9/h4-17H,1-3H3;5-8,11H,3-4,9-10H2,1-2H3,(H,24,25,26);1-12H;12-14,16H,5-11H2,1-4H3;11H,8-10H2,1-7H3;2*4-8,11H,3H2,1-2H3/q+1;;+1;;;;/p-1. The van der Waals surface area contributed by atoms with Crippen LogP contribution in [0.5, 0.6) is 23.0 Å². The van der Waals surface area contributed by atoms with Crippen LogP contribution in [0.15, 0.2) is 265 Å². The number of ether oxygens (including phenoxy) is 5. The Balaban J connectivity index is 0.000000216. The summed E-state index contributed by atoms with van der Waals surface area (Å²) in [7, 11) is -4.64. The molecule has 2 bridgehead atoms. The lowest BCUT2D eigenvalue weighted by Gasteiger charge is -2.41. The molecule has 3 aliphatic rings. The molecular weight excluding hydrogens is 1750 g/mol.